The second-order valence-electron chi connectivity index (χ2n) is 8.08. The van der Waals surface area contributed by atoms with E-state index in [2.05, 4.69) is 20.5 Å². The van der Waals surface area contributed by atoms with Crippen LogP contribution in [0.15, 0.2) is 79.4 Å². The Morgan fingerprint density at radius 2 is 1.73 bits per heavy atom. The predicted molar refractivity (Wildman–Crippen MR) is 126 cm³/mol. The summed E-state index contributed by atoms with van der Waals surface area (Å²) in [6.45, 7) is 0. The molecular formula is C25H22ClN5O2. The quantitative estimate of drug-likeness (QED) is 0.408. The highest BCUT2D eigenvalue weighted by Crippen LogP contribution is 2.42. The topological polar surface area (TPSA) is 81.9 Å². The van der Waals surface area contributed by atoms with Crippen LogP contribution in [0, 0.1) is 0 Å². The first kappa shape index (κ1) is 21.2. The first-order chi connectivity index (χ1) is 16.1. The van der Waals surface area contributed by atoms with E-state index >= 15 is 0 Å². The van der Waals surface area contributed by atoms with Crippen LogP contribution in [0.2, 0.25) is 5.02 Å². The number of imidazole rings is 1. The van der Waals surface area contributed by atoms with E-state index in [0.717, 1.165) is 31.2 Å². The van der Waals surface area contributed by atoms with E-state index in [1.165, 1.54) is 0 Å². The monoisotopic (exact) mass is 459 g/mol. The van der Waals surface area contributed by atoms with Crippen molar-refractivity contribution in [3.8, 4) is 17.4 Å². The average Bonchev–Trinajstić information content (AvgIpc) is 3.55. The zero-order valence-corrected chi connectivity index (χ0v) is 18.6. The summed E-state index contributed by atoms with van der Waals surface area (Å²) in [6, 6.07) is 18.4. The van der Waals surface area contributed by atoms with E-state index in [0.29, 0.717) is 28.2 Å². The van der Waals surface area contributed by atoms with Crippen LogP contribution >= 0.6 is 11.6 Å². The molecule has 0 bridgehead atoms. The number of halogens is 1. The van der Waals surface area contributed by atoms with Gasteiger partial charge in [-0.2, -0.15) is 0 Å². The van der Waals surface area contributed by atoms with Gasteiger partial charge in [0.05, 0.1) is 5.41 Å². The molecular weight excluding hydrogens is 438 g/mol. The van der Waals surface area contributed by atoms with Gasteiger partial charge in [0.15, 0.2) is 5.82 Å². The molecule has 0 atom stereocenters. The lowest BCUT2D eigenvalue weighted by Gasteiger charge is -2.28. The summed E-state index contributed by atoms with van der Waals surface area (Å²) < 4.78 is 7.55. The third-order valence-corrected chi connectivity index (χ3v) is 6.27. The Balaban J connectivity index is 1.26. The van der Waals surface area contributed by atoms with Gasteiger partial charge in [-0.05, 0) is 60.9 Å². The Morgan fingerprint density at radius 1 is 0.970 bits per heavy atom. The Hall–Kier alpha value is -3.71. The van der Waals surface area contributed by atoms with Crippen molar-refractivity contribution in [2.45, 2.75) is 31.1 Å². The van der Waals surface area contributed by atoms with Gasteiger partial charge in [-0.25, -0.2) is 4.98 Å². The molecule has 33 heavy (non-hydrogen) atoms. The van der Waals surface area contributed by atoms with Crippen LogP contribution in [-0.2, 0) is 10.2 Å². The van der Waals surface area contributed by atoms with Crippen molar-refractivity contribution in [2.75, 3.05) is 5.32 Å². The highest BCUT2D eigenvalue weighted by atomic mass is 35.5. The van der Waals surface area contributed by atoms with Crippen LogP contribution in [0.5, 0.6) is 11.6 Å². The van der Waals surface area contributed by atoms with E-state index in [-0.39, 0.29) is 5.91 Å². The van der Waals surface area contributed by atoms with E-state index in [1.807, 2.05) is 36.4 Å². The fourth-order valence-corrected chi connectivity index (χ4v) is 4.40. The van der Waals surface area contributed by atoms with Crippen molar-refractivity contribution in [3.63, 3.8) is 0 Å². The van der Waals surface area contributed by atoms with Crippen LogP contribution in [0.3, 0.4) is 0 Å². The van der Waals surface area contributed by atoms with Crippen molar-refractivity contribution in [3.05, 3.63) is 90.0 Å². The summed E-state index contributed by atoms with van der Waals surface area (Å²) in [5.41, 5.74) is 1.21. The molecule has 1 N–H and O–H groups in total. The van der Waals surface area contributed by atoms with Crippen molar-refractivity contribution < 1.29 is 9.53 Å². The van der Waals surface area contributed by atoms with Gasteiger partial charge in [-0.1, -0.05) is 36.6 Å². The van der Waals surface area contributed by atoms with Crippen molar-refractivity contribution in [1.82, 2.24) is 19.7 Å². The summed E-state index contributed by atoms with van der Waals surface area (Å²) >= 11 is 6.05. The highest BCUT2D eigenvalue weighted by molar-refractivity contribution is 6.30. The smallest absolute Gasteiger partial charge is 0.238 e. The van der Waals surface area contributed by atoms with Gasteiger partial charge in [0.2, 0.25) is 11.8 Å². The molecule has 2 heterocycles. The largest absolute Gasteiger partial charge is 0.438 e. The second kappa shape index (κ2) is 9.03. The Morgan fingerprint density at radius 3 is 2.36 bits per heavy atom. The number of aromatic nitrogens is 4. The molecule has 4 aromatic rings. The van der Waals surface area contributed by atoms with Crippen molar-refractivity contribution in [2.24, 2.45) is 0 Å². The SMILES string of the molecule is O=C(Nc1ccc(Oc2ccc(-n3ccnc3)nn2)cc1)C1(c2ccc(Cl)cc2)CCCC1. The zero-order chi connectivity index (χ0) is 22.7. The standard InChI is InChI=1S/C25H22ClN5O2/c26-19-5-3-18(4-6-19)25(13-1-2-14-25)24(32)28-20-7-9-21(10-8-20)33-23-12-11-22(29-30-23)31-16-15-27-17-31/h3-12,15-17H,1-2,13-14H2,(H,28,32). The first-order valence-electron chi connectivity index (χ1n) is 10.8. The third-order valence-electron chi connectivity index (χ3n) is 6.02. The number of ether oxygens (including phenoxy) is 1. The Labute approximate surface area is 196 Å². The average molecular weight is 460 g/mol. The first-order valence-corrected chi connectivity index (χ1v) is 11.2. The molecule has 0 saturated heterocycles. The molecule has 1 aliphatic rings. The number of nitrogens with one attached hydrogen (secondary N) is 1. The molecule has 166 valence electrons. The number of rotatable bonds is 6. The molecule has 2 aromatic carbocycles. The van der Waals surface area contributed by atoms with E-state index in [4.69, 9.17) is 16.3 Å². The van der Waals surface area contributed by atoms with Crippen LogP contribution in [0.4, 0.5) is 5.69 Å². The van der Waals surface area contributed by atoms with E-state index in [9.17, 15) is 4.79 Å². The summed E-state index contributed by atoms with van der Waals surface area (Å²) in [5, 5.41) is 12.0. The molecule has 0 spiro atoms. The van der Waals surface area contributed by atoms with Gasteiger partial charge in [0.25, 0.3) is 0 Å². The minimum atomic E-state index is -0.521. The molecule has 5 rings (SSSR count). The number of nitrogens with zero attached hydrogens (tertiary/aromatic N) is 4. The van der Waals surface area contributed by atoms with Gasteiger partial charge in [0, 0.05) is 29.2 Å². The van der Waals surface area contributed by atoms with Crippen LogP contribution in [-0.4, -0.2) is 25.7 Å². The summed E-state index contributed by atoms with van der Waals surface area (Å²) in [6.07, 6.45) is 8.84. The molecule has 8 heteroatoms. The third kappa shape index (κ3) is 4.45. The molecule has 1 amide bonds. The normalized spacial score (nSPS) is 14.7. The molecule has 0 unspecified atom stereocenters. The van der Waals surface area contributed by atoms with Gasteiger partial charge in [-0.15, -0.1) is 10.2 Å². The summed E-state index contributed by atoms with van der Waals surface area (Å²) in [5.74, 6) is 1.64. The number of benzene rings is 2. The van der Waals surface area contributed by atoms with Gasteiger partial charge < -0.3 is 10.1 Å². The summed E-state index contributed by atoms with van der Waals surface area (Å²) in [7, 11) is 0. The van der Waals surface area contributed by atoms with Gasteiger partial charge >= 0.3 is 0 Å². The molecule has 7 nitrogen and oxygen atoms in total. The van der Waals surface area contributed by atoms with Crippen molar-refractivity contribution >= 4 is 23.2 Å². The lowest BCUT2D eigenvalue weighted by atomic mass is 9.78. The summed E-state index contributed by atoms with van der Waals surface area (Å²) in [4.78, 5) is 17.3. The number of carbonyl (C=O) groups excluding carboxylic acids is 1. The maximum atomic E-state index is 13.3. The van der Waals surface area contributed by atoms with Gasteiger partial charge in [-0.3, -0.25) is 9.36 Å². The fraction of sp³-hybridized carbons (Fsp3) is 0.200. The fourth-order valence-electron chi connectivity index (χ4n) is 4.27. The lowest BCUT2D eigenvalue weighted by Crippen LogP contribution is -2.37. The number of anilines is 1. The van der Waals surface area contributed by atoms with E-state index < -0.39 is 5.41 Å². The minimum absolute atomic E-state index is 0.0111. The lowest BCUT2D eigenvalue weighted by molar-refractivity contribution is -0.121. The maximum absolute atomic E-state index is 13.3. The molecule has 2 aromatic heterocycles. The minimum Gasteiger partial charge on any atom is -0.438 e. The Bertz CT molecular complexity index is 1220. The van der Waals surface area contributed by atoms with Crippen molar-refractivity contribution in [1.29, 1.82) is 0 Å². The van der Waals surface area contributed by atoms with Crippen LogP contribution in [0.1, 0.15) is 31.2 Å². The van der Waals surface area contributed by atoms with Crippen LogP contribution < -0.4 is 10.1 Å². The molecule has 1 fully saturated rings. The number of amides is 1. The molecule has 1 saturated carbocycles. The molecule has 0 aliphatic heterocycles. The highest BCUT2D eigenvalue weighted by Gasteiger charge is 2.42. The molecule has 1 aliphatic carbocycles. The van der Waals surface area contributed by atoms with E-state index in [1.54, 1.807) is 47.6 Å². The zero-order valence-electron chi connectivity index (χ0n) is 17.8. The van der Waals surface area contributed by atoms with Crippen LogP contribution in [0.25, 0.3) is 5.82 Å². The maximum Gasteiger partial charge on any atom is 0.238 e. The number of carbonyl (C=O) groups is 1. The van der Waals surface area contributed by atoms with Gasteiger partial charge in [0.1, 0.15) is 12.1 Å². The Kier molecular flexibility index (Phi) is 5.79. The predicted octanol–water partition coefficient (Wildman–Crippen LogP) is 5.56. The number of hydrogen-bond acceptors (Lipinski definition) is 5. The second-order valence-corrected chi connectivity index (χ2v) is 8.51. The molecule has 0 radical (unpaired) electrons. The number of hydrogen-bond donors (Lipinski definition) is 1.